The Kier molecular flexibility index (Phi) is 12.9. The van der Waals surface area contributed by atoms with Gasteiger partial charge >= 0.3 is 0 Å². The first-order valence-corrected chi connectivity index (χ1v) is 31.6. The van der Waals surface area contributed by atoms with Crippen molar-refractivity contribution in [1.29, 1.82) is 0 Å². The number of aromatic amines is 2. The molecule has 0 unspecified atom stereocenters. The van der Waals surface area contributed by atoms with Gasteiger partial charge in [-0.15, -0.1) is 22.7 Å². The highest BCUT2D eigenvalue weighted by atomic mass is 32.1. The van der Waals surface area contributed by atoms with Crippen LogP contribution in [-0.4, -0.2) is 19.9 Å². The van der Waals surface area contributed by atoms with E-state index >= 15 is 0 Å². The van der Waals surface area contributed by atoms with E-state index in [0.717, 1.165) is 63.6 Å². The molecule has 0 radical (unpaired) electrons. The fraction of sp³-hybridized carbons (Fsp3) is 0.282. The van der Waals surface area contributed by atoms with Crippen LogP contribution in [0.15, 0.2) is 133 Å². The van der Waals surface area contributed by atoms with E-state index < -0.39 is 0 Å². The highest BCUT2D eigenvalue weighted by Gasteiger charge is 2.26. The van der Waals surface area contributed by atoms with Crippen molar-refractivity contribution in [1.82, 2.24) is 19.9 Å². The number of fused-ring (bicyclic) bond motifs is 8. The van der Waals surface area contributed by atoms with E-state index in [-0.39, 0.29) is 21.7 Å². The quantitative estimate of drug-likeness (QED) is 0.174. The van der Waals surface area contributed by atoms with Crippen molar-refractivity contribution in [3.8, 4) is 65.6 Å². The number of H-pyrrole nitrogens is 2. The molecule has 0 aliphatic carbocycles. The number of hydrogen-bond acceptors (Lipinski definition) is 4. The molecule has 0 amide bonds. The third-order valence-corrected chi connectivity index (χ3v) is 19.8. The molecule has 6 heteroatoms. The number of thiazole rings is 2. The number of aromatic nitrogens is 4. The molecule has 0 aliphatic heterocycles. The van der Waals surface area contributed by atoms with Crippen molar-refractivity contribution in [2.24, 2.45) is 0 Å². The number of hydrogen-bond donors (Lipinski definition) is 2. The number of nitrogens with one attached hydrogen (secondary N) is 2. The summed E-state index contributed by atoms with van der Waals surface area (Å²) in [6, 6.07) is 51.9. The molecule has 422 valence electrons. The summed E-state index contributed by atoms with van der Waals surface area (Å²) in [5, 5.41) is 6.82. The largest absolute Gasteiger partial charge is 0.354 e. The summed E-state index contributed by atoms with van der Waals surface area (Å²) in [6.45, 7) is 41.2. The van der Waals surface area contributed by atoms with Crippen LogP contribution in [-0.2, 0) is 21.7 Å². The van der Waals surface area contributed by atoms with Gasteiger partial charge in [0.1, 0.15) is 10.0 Å². The summed E-state index contributed by atoms with van der Waals surface area (Å²) in [5.74, 6) is 0. The lowest BCUT2D eigenvalue weighted by molar-refractivity contribution is 0.568. The van der Waals surface area contributed by atoms with Crippen LogP contribution in [0.4, 0.5) is 0 Å². The lowest BCUT2D eigenvalue weighted by Gasteiger charge is -2.26. The Morgan fingerprint density at radius 3 is 1.07 bits per heavy atom. The fourth-order valence-electron chi connectivity index (χ4n) is 13.2. The molecule has 4 heterocycles. The van der Waals surface area contributed by atoms with Gasteiger partial charge < -0.3 is 9.97 Å². The first-order chi connectivity index (χ1) is 39.5. The van der Waals surface area contributed by atoms with E-state index in [1.807, 2.05) is 0 Å². The molecule has 0 fully saturated rings. The summed E-state index contributed by atoms with van der Waals surface area (Å²) in [5.41, 5.74) is 31.6. The molecule has 13 aromatic rings. The van der Waals surface area contributed by atoms with Crippen LogP contribution in [0.3, 0.4) is 0 Å². The molecular weight excluding hydrogens is 1060 g/mol. The van der Waals surface area contributed by atoms with Crippen LogP contribution in [0.5, 0.6) is 0 Å². The van der Waals surface area contributed by atoms with E-state index in [1.54, 1.807) is 22.7 Å². The second-order valence-corrected chi connectivity index (χ2v) is 30.7. The van der Waals surface area contributed by atoms with Crippen LogP contribution in [0.2, 0.25) is 0 Å². The zero-order chi connectivity index (χ0) is 59.4. The van der Waals surface area contributed by atoms with Crippen molar-refractivity contribution in [3.05, 3.63) is 189 Å². The van der Waals surface area contributed by atoms with Crippen molar-refractivity contribution < 1.29 is 0 Å². The normalized spacial score (nSPS) is 12.9. The molecular formula is C78H78N4S2. The summed E-state index contributed by atoms with van der Waals surface area (Å²) >= 11 is 3.52. The van der Waals surface area contributed by atoms with Gasteiger partial charge in [-0.3, -0.25) is 0 Å². The maximum Gasteiger partial charge on any atom is 0.126 e. The third-order valence-electron chi connectivity index (χ3n) is 17.7. The Morgan fingerprint density at radius 1 is 0.321 bits per heavy atom. The van der Waals surface area contributed by atoms with Crippen molar-refractivity contribution in [2.45, 2.75) is 146 Å². The second kappa shape index (κ2) is 19.5. The Bertz CT molecular complexity index is 4720. The number of aryl methyl sites for hydroxylation is 6. The Balaban J connectivity index is 0.986. The van der Waals surface area contributed by atoms with Crippen LogP contribution >= 0.6 is 22.7 Å². The highest BCUT2D eigenvalue weighted by molar-refractivity contribution is 7.23. The zero-order valence-electron chi connectivity index (χ0n) is 52.4. The lowest BCUT2D eigenvalue weighted by atomic mass is 9.78. The highest BCUT2D eigenvalue weighted by Crippen LogP contribution is 2.47. The van der Waals surface area contributed by atoms with Crippen molar-refractivity contribution in [2.75, 3.05) is 0 Å². The molecule has 0 spiro atoms. The Hall–Kier alpha value is -7.64. The van der Waals surface area contributed by atoms with Crippen molar-refractivity contribution >= 4 is 86.7 Å². The molecule has 0 bridgehead atoms. The molecule has 4 aromatic heterocycles. The molecule has 0 saturated carbocycles. The van der Waals surface area contributed by atoms with E-state index in [9.17, 15) is 0 Å². The third kappa shape index (κ3) is 9.77. The summed E-state index contributed by atoms with van der Waals surface area (Å²) < 4.78 is 2.24. The smallest absolute Gasteiger partial charge is 0.126 e. The number of rotatable bonds is 6. The van der Waals surface area contributed by atoms with Gasteiger partial charge in [-0.2, -0.15) is 0 Å². The van der Waals surface area contributed by atoms with Gasteiger partial charge in [0.05, 0.1) is 31.5 Å². The summed E-state index contributed by atoms with van der Waals surface area (Å²) in [6.07, 6.45) is 0. The minimum atomic E-state index is -0.0338. The van der Waals surface area contributed by atoms with Gasteiger partial charge in [0, 0.05) is 43.7 Å². The Labute approximate surface area is 504 Å². The average molecular weight is 1140 g/mol. The van der Waals surface area contributed by atoms with Gasteiger partial charge in [0.2, 0.25) is 0 Å². The molecule has 9 aromatic carbocycles. The topological polar surface area (TPSA) is 57.4 Å². The van der Waals surface area contributed by atoms with Gasteiger partial charge in [0.25, 0.3) is 0 Å². The fourth-order valence-corrected chi connectivity index (χ4v) is 15.2. The first kappa shape index (κ1) is 55.5. The number of nitrogens with zero attached hydrogens (tertiary/aromatic N) is 2. The first-order valence-electron chi connectivity index (χ1n) is 29.9. The van der Waals surface area contributed by atoms with E-state index in [1.165, 1.54) is 122 Å². The standard InChI is InChI=1S/C78H78N4S2/c1-41-23-43(3)69(44(4)24-41)48-20-22-64-58(32-48)60-35-52(70-45(5)25-42(2)26-46(70)6)36-62(72(60)80-64)74-82-66-40-67-65(39-68(66)84-74)81-73(83-67)61-34-51(50-29-55(77(13,14)15)38-56(30-50)78(16,17)18)33-59-57-31-47(19-21-63(57)79-71(59)61)49-27-53(75(7,8)9)37-54(28-49)76(10,11)12/h19-40,79-80H,1-18H3. The predicted octanol–water partition coefficient (Wildman–Crippen LogP) is 23.2. The molecule has 0 saturated heterocycles. The molecule has 2 N–H and O–H groups in total. The average Bonchev–Trinajstić information content (AvgIpc) is 3.86. The van der Waals surface area contributed by atoms with E-state index in [2.05, 4.69) is 268 Å². The maximum atomic E-state index is 5.59. The summed E-state index contributed by atoms with van der Waals surface area (Å²) in [4.78, 5) is 19.0. The van der Waals surface area contributed by atoms with Gasteiger partial charge in [0.15, 0.2) is 0 Å². The van der Waals surface area contributed by atoms with Gasteiger partial charge in [-0.05, 0) is 213 Å². The van der Waals surface area contributed by atoms with Gasteiger partial charge in [-0.1, -0.05) is 167 Å². The molecule has 84 heavy (non-hydrogen) atoms. The van der Waals surface area contributed by atoms with Gasteiger partial charge in [-0.25, -0.2) is 9.97 Å². The predicted molar refractivity (Wildman–Crippen MR) is 367 cm³/mol. The van der Waals surface area contributed by atoms with Crippen LogP contribution in [0.1, 0.15) is 139 Å². The van der Waals surface area contributed by atoms with Crippen LogP contribution in [0, 0.1) is 41.5 Å². The molecule has 13 rings (SSSR count). The minimum absolute atomic E-state index is 0.00654. The van der Waals surface area contributed by atoms with E-state index in [4.69, 9.17) is 9.97 Å². The van der Waals surface area contributed by atoms with E-state index in [0.29, 0.717) is 0 Å². The monoisotopic (exact) mass is 1130 g/mol. The number of benzene rings is 9. The lowest BCUT2D eigenvalue weighted by Crippen LogP contribution is -2.16. The van der Waals surface area contributed by atoms with Crippen molar-refractivity contribution in [3.63, 3.8) is 0 Å². The zero-order valence-corrected chi connectivity index (χ0v) is 54.0. The minimum Gasteiger partial charge on any atom is -0.354 e. The van der Waals surface area contributed by atoms with Crippen LogP contribution in [0.25, 0.3) is 130 Å². The maximum absolute atomic E-state index is 5.59. The SMILES string of the molecule is Cc1cc(C)c(-c2ccc3[nH]c4c(-c5nc6cc7sc(-c8cc(-c9cc(C(C)(C)C)cc(C(C)(C)C)c9)cc9c8[nH]c8ccc(-c%10cc(C(C)(C)C)cc(C(C)(C)C)c%10)cc89)nc7cc6s5)cc(-c5c(C)cc(C)cc5C)cc4c3c2)c(C)c1. The van der Waals surface area contributed by atoms with Crippen LogP contribution < -0.4 is 0 Å². The second-order valence-electron chi connectivity index (χ2n) is 28.6. The molecule has 4 nitrogen and oxygen atoms in total. The molecule has 0 atom stereocenters. The summed E-state index contributed by atoms with van der Waals surface area (Å²) in [7, 11) is 0. The molecule has 0 aliphatic rings. The Morgan fingerprint density at radius 2 is 0.655 bits per heavy atom.